The minimum Gasteiger partial charge on any atom is -0.550 e. The first-order valence-corrected chi connectivity index (χ1v) is 8.69. The van der Waals surface area contributed by atoms with Gasteiger partial charge in [-0.25, -0.2) is 4.79 Å². The van der Waals surface area contributed by atoms with E-state index in [-0.39, 0.29) is 31.7 Å². The molecule has 0 radical (unpaired) electrons. The lowest BCUT2D eigenvalue weighted by atomic mass is 9.99. The van der Waals surface area contributed by atoms with Crippen LogP contribution in [0, 0.1) is 20.8 Å². The number of carbonyl (C=O) groups excluding carboxylic acids is 2. The van der Waals surface area contributed by atoms with Crippen molar-refractivity contribution in [3.63, 3.8) is 0 Å². The molecule has 0 aliphatic heterocycles. The van der Waals surface area contributed by atoms with E-state index in [2.05, 4.69) is 5.32 Å². The molecule has 1 amide bonds. The Hall–Kier alpha value is -3.09. The lowest BCUT2D eigenvalue weighted by molar-refractivity contribution is -0.305. The summed E-state index contributed by atoms with van der Waals surface area (Å²) in [4.78, 5) is 34.9. The molecule has 0 atom stereocenters. The van der Waals surface area contributed by atoms with Crippen LogP contribution < -0.4 is 16.0 Å². The molecule has 142 valence electrons. The third kappa shape index (κ3) is 3.58. The molecule has 7 nitrogen and oxygen atoms in total. The molecule has 1 aromatic carbocycles. The predicted octanol–water partition coefficient (Wildman–Crippen LogP) is 1.65. The van der Waals surface area contributed by atoms with Gasteiger partial charge in [-0.2, -0.15) is 0 Å². The molecular formula is C20H20NO6-. The van der Waals surface area contributed by atoms with Crippen LogP contribution in [0.25, 0.3) is 21.9 Å². The highest BCUT2D eigenvalue weighted by Gasteiger charge is 2.19. The summed E-state index contributed by atoms with van der Waals surface area (Å²) in [5.41, 5.74) is 3.28. The Labute approximate surface area is 155 Å². The molecule has 3 rings (SSSR count). The second kappa shape index (κ2) is 7.26. The van der Waals surface area contributed by atoms with Gasteiger partial charge in [-0.3, -0.25) is 4.79 Å². The molecule has 0 fully saturated rings. The Bertz CT molecular complexity index is 1110. The molecule has 2 aromatic heterocycles. The molecule has 0 aliphatic rings. The van der Waals surface area contributed by atoms with Gasteiger partial charge < -0.3 is 24.1 Å². The number of carboxylic acid groups (broad SMARTS) is 1. The van der Waals surface area contributed by atoms with E-state index in [1.807, 2.05) is 19.9 Å². The van der Waals surface area contributed by atoms with Gasteiger partial charge in [0, 0.05) is 28.8 Å². The van der Waals surface area contributed by atoms with E-state index in [0.29, 0.717) is 22.3 Å². The zero-order valence-electron chi connectivity index (χ0n) is 15.4. The molecule has 2 heterocycles. The molecular weight excluding hydrogens is 350 g/mol. The van der Waals surface area contributed by atoms with Gasteiger partial charge in [-0.1, -0.05) is 0 Å². The molecule has 0 saturated carbocycles. The molecule has 27 heavy (non-hydrogen) atoms. The van der Waals surface area contributed by atoms with Gasteiger partial charge in [-0.05, 0) is 50.8 Å². The second-order valence-corrected chi connectivity index (χ2v) is 6.67. The summed E-state index contributed by atoms with van der Waals surface area (Å²) in [5, 5.41) is 14.7. The fourth-order valence-electron chi connectivity index (χ4n) is 3.21. The van der Waals surface area contributed by atoms with Gasteiger partial charge >= 0.3 is 5.63 Å². The third-order valence-electron chi connectivity index (χ3n) is 4.75. The molecule has 0 saturated heterocycles. The topological polar surface area (TPSA) is 113 Å². The van der Waals surface area contributed by atoms with Crippen molar-refractivity contribution in [1.82, 2.24) is 5.32 Å². The Morgan fingerprint density at radius 2 is 1.85 bits per heavy atom. The summed E-state index contributed by atoms with van der Waals surface area (Å²) in [6.45, 7) is 5.77. The van der Waals surface area contributed by atoms with E-state index >= 15 is 0 Å². The standard InChI is InChI=1S/C20H21NO6/c1-10-9-26-18-12(3)19-14(7-13(10)18)11(2)15(20(25)27-19)8-16(22)21-6-4-5-17(23)24/h7,9H,4-6,8H2,1-3H3,(H,21,22)(H,23,24)/p-1. The monoisotopic (exact) mass is 370 g/mol. The van der Waals surface area contributed by atoms with Crippen molar-refractivity contribution in [2.45, 2.75) is 40.0 Å². The maximum absolute atomic E-state index is 12.4. The summed E-state index contributed by atoms with van der Waals surface area (Å²) in [7, 11) is 0. The van der Waals surface area contributed by atoms with Gasteiger partial charge in [0.1, 0.15) is 11.2 Å². The van der Waals surface area contributed by atoms with Crippen molar-refractivity contribution in [1.29, 1.82) is 0 Å². The van der Waals surface area contributed by atoms with Crippen LogP contribution in [0.1, 0.15) is 35.1 Å². The van der Waals surface area contributed by atoms with E-state index in [0.717, 1.165) is 21.9 Å². The highest BCUT2D eigenvalue weighted by molar-refractivity contribution is 6.00. The highest BCUT2D eigenvalue weighted by Crippen LogP contribution is 2.32. The average Bonchev–Trinajstić information content (AvgIpc) is 2.98. The first-order valence-electron chi connectivity index (χ1n) is 8.69. The number of furan rings is 1. The van der Waals surface area contributed by atoms with E-state index < -0.39 is 11.6 Å². The molecule has 0 spiro atoms. The van der Waals surface area contributed by atoms with Crippen LogP contribution in [-0.2, 0) is 16.0 Å². The Kier molecular flexibility index (Phi) is 5.03. The summed E-state index contributed by atoms with van der Waals surface area (Å²) >= 11 is 0. The number of aliphatic carboxylic acids is 1. The van der Waals surface area contributed by atoms with E-state index in [4.69, 9.17) is 8.83 Å². The van der Waals surface area contributed by atoms with Crippen molar-refractivity contribution in [3.05, 3.63) is 45.0 Å². The second-order valence-electron chi connectivity index (χ2n) is 6.67. The third-order valence-corrected chi connectivity index (χ3v) is 4.75. The van der Waals surface area contributed by atoms with Gasteiger partial charge in [0.2, 0.25) is 5.91 Å². The van der Waals surface area contributed by atoms with Crippen LogP contribution in [-0.4, -0.2) is 18.4 Å². The van der Waals surface area contributed by atoms with Crippen LogP contribution >= 0.6 is 0 Å². The first-order chi connectivity index (χ1) is 12.8. The summed E-state index contributed by atoms with van der Waals surface area (Å²) in [6, 6.07) is 1.91. The van der Waals surface area contributed by atoms with Gasteiger partial charge in [0.05, 0.1) is 18.2 Å². The molecule has 0 unspecified atom stereocenters. The number of benzene rings is 1. The Morgan fingerprint density at radius 1 is 1.11 bits per heavy atom. The van der Waals surface area contributed by atoms with Crippen molar-refractivity contribution >= 4 is 33.8 Å². The molecule has 1 N–H and O–H groups in total. The molecule has 3 aromatic rings. The number of aryl methyl sites for hydroxylation is 3. The SMILES string of the molecule is Cc1coc2c(C)c3oc(=O)c(CC(=O)NCCCC(=O)[O-])c(C)c3cc12. The van der Waals surface area contributed by atoms with E-state index in [1.54, 1.807) is 13.2 Å². The van der Waals surface area contributed by atoms with Crippen molar-refractivity contribution in [2.75, 3.05) is 6.54 Å². The maximum Gasteiger partial charge on any atom is 0.340 e. The number of hydrogen-bond acceptors (Lipinski definition) is 6. The van der Waals surface area contributed by atoms with Gasteiger partial charge in [-0.15, -0.1) is 0 Å². The fraction of sp³-hybridized carbons (Fsp3) is 0.350. The number of hydrogen-bond donors (Lipinski definition) is 1. The van der Waals surface area contributed by atoms with Crippen LogP contribution in [0.4, 0.5) is 0 Å². The normalized spacial score (nSPS) is 11.2. The zero-order valence-corrected chi connectivity index (χ0v) is 15.4. The predicted molar refractivity (Wildman–Crippen MR) is 97.4 cm³/mol. The van der Waals surface area contributed by atoms with Crippen LogP contribution in [0.3, 0.4) is 0 Å². The number of carbonyl (C=O) groups is 2. The van der Waals surface area contributed by atoms with Crippen LogP contribution in [0.2, 0.25) is 0 Å². The van der Waals surface area contributed by atoms with Crippen molar-refractivity contribution in [3.8, 4) is 0 Å². The minimum absolute atomic E-state index is 0.128. The van der Waals surface area contributed by atoms with E-state index in [9.17, 15) is 19.5 Å². The quantitative estimate of drug-likeness (QED) is 0.521. The summed E-state index contributed by atoms with van der Waals surface area (Å²) in [5.74, 6) is -1.52. The maximum atomic E-state index is 12.4. The lowest BCUT2D eigenvalue weighted by Gasteiger charge is -2.10. The summed E-state index contributed by atoms with van der Waals surface area (Å²) in [6.07, 6.45) is 1.68. The molecule has 0 bridgehead atoms. The highest BCUT2D eigenvalue weighted by atomic mass is 16.4. The van der Waals surface area contributed by atoms with Crippen molar-refractivity contribution < 1.29 is 23.5 Å². The number of rotatable bonds is 6. The number of carboxylic acids is 1. The van der Waals surface area contributed by atoms with Gasteiger partial charge in [0.15, 0.2) is 0 Å². The van der Waals surface area contributed by atoms with Crippen molar-refractivity contribution in [2.24, 2.45) is 0 Å². The molecule has 7 heteroatoms. The summed E-state index contributed by atoms with van der Waals surface area (Å²) < 4.78 is 11.1. The van der Waals surface area contributed by atoms with Crippen LogP contribution in [0.5, 0.6) is 0 Å². The van der Waals surface area contributed by atoms with Gasteiger partial charge in [0.25, 0.3) is 0 Å². The fourth-order valence-corrected chi connectivity index (χ4v) is 3.21. The Morgan fingerprint density at radius 3 is 2.56 bits per heavy atom. The Balaban J connectivity index is 1.93. The smallest absolute Gasteiger partial charge is 0.340 e. The number of nitrogens with one attached hydrogen (secondary N) is 1. The average molecular weight is 370 g/mol. The molecule has 0 aliphatic carbocycles. The zero-order chi connectivity index (χ0) is 19.7. The largest absolute Gasteiger partial charge is 0.550 e. The number of fused-ring (bicyclic) bond motifs is 2. The minimum atomic E-state index is -1.16. The number of amides is 1. The van der Waals surface area contributed by atoms with E-state index in [1.165, 1.54) is 0 Å². The first kappa shape index (κ1) is 18.7. The van der Waals surface area contributed by atoms with Crippen LogP contribution in [0.15, 0.2) is 26.0 Å². The lowest BCUT2D eigenvalue weighted by Crippen LogP contribution is -2.30.